The fraction of sp³-hybridized carbons (Fsp3) is 0.481. The molecule has 2 aromatic carbocycles. The summed E-state index contributed by atoms with van der Waals surface area (Å²) >= 11 is 0. The molecule has 208 valence electrons. The van der Waals surface area contributed by atoms with E-state index in [1.165, 1.54) is 20.3 Å². The summed E-state index contributed by atoms with van der Waals surface area (Å²) in [6.45, 7) is 8.37. The average Bonchev–Trinajstić information content (AvgIpc) is 3.36. The number of likely N-dealkylation sites (tertiary alicyclic amines) is 1. The van der Waals surface area contributed by atoms with Crippen molar-refractivity contribution in [2.24, 2.45) is 0 Å². The standard InChI is InChI=1S/C27H36FN3O6S/c1-7-31-13-12-20(16-31)30(4)24(32)15-18-14-19(28)8-11-23(18)38(34,35)29-22-10-9-21(17(2)3)26(36-5)25(22)27(33)37-6/h8-11,14,17,20,29H,7,12-13,15-16H2,1-6H3. The van der Waals surface area contributed by atoms with Crippen LogP contribution < -0.4 is 9.46 Å². The SMILES string of the molecule is CCN1CCC(N(C)C(=O)Cc2cc(F)ccc2S(=O)(=O)Nc2ccc(C(C)C)c(OC)c2C(=O)OC)C1. The van der Waals surface area contributed by atoms with Crippen LogP contribution in [0.25, 0.3) is 0 Å². The number of amides is 1. The van der Waals surface area contributed by atoms with Crippen molar-refractivity contribution < 1.29 is 31.9 Å². The van der Waals surface area contributed by atoms with E-state index >= 15 is 0 Å². The zero-order valence-corrected chi connectivity index (χ0v) is 23.5. The number of rotatable bonds is 10. The third kappa shape index (κ3) is 6.27. The first-order valence-electron chi connectivity index (χ1n) is 12.5. The molecule has 0 radical (unpaired) electrons. The summed E-state index contributed by atoms with van der Waals surface area (Å²) in [5.41, 5.74) is 0.582. The first-order chi connectivity index (χ1) is 17.9. The molecule has 0 aliphatic carbocycles. The fourth-order valence-electron chi connectivity index (χ4n) is 4.72. The van der Waals surface area contributed by atoms with Crippen molar-refractivity contribution in [3.63, 3.8) is 0 Å². The third-order valence-electron chi connectivity index (χ3n) is 6.94. The van der Waals surface area contributed by atoms with Crippen LogP contribution in [-0.2, 0) is 26.0 Å². The van der Waals surface area contributed by atoms with Gasteiger partial charge in [-0.05, 0) is 54.3 Å². The highest BCUT2D eigenvalue weighted by Crippen LogP contribution is 2.36. The third-order valence-corrected chi connectivity index (χ3v) is 8.40. The number of ether oxygens (including phenoxy) is 2. The Hall–Kier alpha value is -3.18. The van der Waals surface area contributed by atoms with Gasteiger partial charge < -0.3 is 19.3 Å². The van der Waals surface area contributed by atoms with E-state index in [1.54, 1.807) is 18.0 Å². The maximum atomic E-state index is 14.2. The molecule has 1 unspecified atom stereocenters. The lowest BCUT2D eigenvalue weighted by atomic mass is 9.98. The van der Waals surface area contributed by atoms with E-state index in [9.17, 15) is 22.4 Å². The van der Waals surface area contributed by atoms with Crippen molar-refractivity contribution in [1.82, 2.24) is 9.80 Å². The van der Waals surface area contributed by atoms with Gasteiger partial charge in [-0.15, -0.1) is 0 Å². The van der Waals surface area contributed by atoms with Crippen LogP contribution in [0.4, 0.5) is 10.1 Å². The zero-order valence-electron chi connectivity index (χ0n) is 22.7. The Morgan fingerprint density at radius 3 is 2.50 bits per heavy atom. The maximum Gasteiger partial charge on any atom is 0.343 e. The van der Waals surface area contributed by atoms with Crippen molar-refractivity contribution in [2.45, 2.75) is 50.5 Å². The Morgan fingerprint density at radius 1 is 1.21 bits per heavy atom. The predicted octanol–water partition coefficient (Wildman–Crippen LogP) is 3.64. The Kier molecular flexibility index (Phi) is 9.37. The fourth-order valence-corrected chi connectivity index (χ4v) is 6.01. The molecule has 1 aliphatic rings. The molecule has 1 fully saturated rings. The zero-order chi connectivity index (χ0) is 28.2. The Labute approximate surface area is 224 Å². The molecule has 1 N–H and O–H groups in total. The second kappa shape index (κ2) is 12.1. The molecule has 1 atom stereocenters. The molecule has 1 aliphatic heterocycles. The molecule has 0 saturated carbocycles. The second-order valence-corrected chi connectivity index (χ2v) is 11.3. The number of carbonyl (C=O) groups excluding carboxylic acids is 2. The highest BCUT2D eigenvalue weighted by molar-refractivity contribution is 7.92. The summed E-state index contributed by atoms with van der Waals surface area (Å²) < 4.78 is 54.1. The van der Waals surface area contributed by atoms with Crippen molar-refractivity contribution in [2.75, 3.05) is 45.6 Å². The van der Waals surface area contributed by atoms with Crippen LogP contribution in [0.3, 0.4) is 0 Å². The van der Waals surface area contributed by atoms with Gasteiger partial charge in [0.25, 0.3) is 10.0 Å². The highest BCUT2D eigenvalue weighted by atomic mass is 32.2. The molecule has 1 amide bonds. The number of carbonyl (C=O) groups is 2. The van der Waals surface area contributed by atoms with E-state index in [-0.39, 0.29) is 51.7 Å². The first-order valence-corrected chi connectivity index (χ1v) is 14.0. The van der Waals surface area contributed by atoms with Crippen molar-refractivity contribution in [1.29, 1.82) is 0 Å². The van der Waals surface area contributed by atoms with Gasteiger partial charge in [-0.3, -0.25) is 9.52 Å². The number of likely N-dealkylation sites (N-methyl/N-ethyl adjacent to an activating group) is 2. The summed E-state index contributed by atoms with van der Waals surface area (Å²) in [5.74, 6) is -1.58. The minimum atomic E-state index is -4.35. The molecule has 3 rings (SSSR count). The second-order valence-electron chi connectivity index (χ2n) is 9.63. The number of nitrogens with one attached hydrogen (secondary N) is 1. The largest absolute Gasteiger partial charge is 0.495 e. The lowest BCUT2D eigenvalue weighted by molar-refractivity contribution is -0.131. The van der Waals surface area contributed by atoms with Crippen LogP contribution in [0.1, 0.15) is 54.6 Å². The van der Waals surface area contributed by atoms with Crippen LogP contribution in [0.15, 0.2) is 35.2 Å². The summed E-state index contributed by atoms with van der Waals surface area (Å²) in [7, 11) is -0.0895. The number of benzene rings is 2. The molecular weight excluding hydrogens is 513 g/mol. The molecule has 0 spiro atoms. The van der Waals surface area contributed by atoms with E-state index < -0.39 is 21.8 Å². The predicted molar refractivity (Wildman–Crippen MR) is 143 cm³/mol. The Bertz CT molecular complexity index is 1300. The highest BCUT2D eigenvalue weighted by Gasteiger charge is 2.30. The number of anilines is 1. The van der Waals surface area contributed by atoms with Crippen molar-refractivity contribution >= 4 is 27.6 Å². The van der Waals surface area contributed by atoms with E-state index in [2.05, 4.69) is 16.5 Å². The number of nitrogens with zero attached hydrogens (tertiary/aromatic N) is 2. The van der Waals surface area contributed by atoms with Gasteiger partial charge >= 0.3 is 5.97 Å². The lowest BCUT2D eigenvalue weighted by Crippen LogP contribution is -2.40. The molecule has 1 heterocycles. The molecule has 0 aromatic heterocycles. The van der Waals surface area contributed by atoms with Gasteiger partial charge in [-0.25, -0.2) is 17.6 Å². The van der Waals surface area contributed by atoms with Gasteiger partial charge in [0.05, 0.1) is 31.2 Å². The maximum absolute atomic E-state index is 14.2. The van der Waals surface area contributed by atoms with Gasteiger partial charge in [0.15, 0.2) is 0 Å². The molecule has 1 saturated heterocycles. The normalized spacial score (nSPS) is 15.9. The number of halogens is 1. The number of sulfonamides is 1. The molecule has 11 heteroatoms. The molecule has 0 bridgehead atoms. The number of esters is 1. The summed E-state index contributed by atoms with van der Waals surface area (Å²) in [6.07, 6.45) is 0.517. The number of hydrogen-bond donors (Lipinski definition) is 1. The summed E-state index contributed by atoms with van der Waals surface area (Å²) in [5, 5.41) is 0. The van der Waals surface area contributed by atoms with E-state index in [0.29, 0.717) is 5.56 Å². The van der Waals surface area contributed by atoms with Crippen LogP contribution >= 0.6 is 0 Å². The van der Waals surface area contributed by atoms with Crippen LogP contribution in [0, 0.1) is 5.82 Å². The smallest absolute Gasteiger partial charge is 0.343 e. The van der Waals surface area contributed by atoms with Crippen molar-refractivity contribution in [3.8, 4) is 5.75 Å². The minimum Gasteiger partial charge on any atom is -0.495 e. The van der Waals surface area contributed by atoms with Gasteiger partial charge in [-0.1, -0.05) is 26.8 Å². The molecule has 38 heavy (non-hydrogen) atoms. The Balaban J connectivity index is 1.97. The molecule has 9 nitrogen and oxygen atoms in total. The van der Waals surface area contributed by atoms with Crippen LogP contribution in [-0.4, -0.2) is 77.0 Å². The van der Waals surface area contributed by atoms with E-state index in [0.717, 1.165) is 44.3 Å². The molecular formula is C27H36FN3O6S. The van der Waals surface area contributed by atoms with Crippen LogP contribution in [0.5, 0.6) is 5.75 Å². The number of hydrogen-bond acceptors (Lipinski definition) is 7. The quantitative estimate of drug-likeness (QED) is 0.451. The summed E-state index contributed by atoms with van der Waals surface area (Å²) in [4.78, 5) is 29.4. The van der Waals surface area contributed by atoms with Gasteiger partial charge in [-0.2, -0.15) is 0 Å². The lowest BCUT2D eigenvalue weighted by Gasteiger charge is -2.25. The van der Waals surface area contributed by atoms with Gasteiger partial charge in [0, 0.05) is 26.2 Å². The van der Waals surface area contributed by atoms with Gasteiger partial charge in [0.2, 0.25) is 5.91 Å². The monoisotopic (exact) mass is 549 g/mol. The van der Waals surface area contributed by atoms with Crippen LogP contribution in [0.2, 0.25) is 0 Å². The molecule has 2 aromatic rings. The first kappa shape index (κ1) is 29.4. The minimum absolute atomic E-state index is 0.00347. The summed E-state index contributed by atoms with van der Waals surface area (Å²) in [6, 6.07) is 6.32. The van der Waals surface area contributed by atoms with Crippen molar-refractivity contribution in [3.05, 3.63) is 52.8 Å². The van der Waals surface area contributed by atoms with Gasteiger partial charge in [0.1, 0.15) is 17.1 Å². The Morgan fingerprint density at radius 2 is 1.92 bits per heavy atom. The van der Waals surface area contributed by atoms with E-state index in [4.69, 9.17) is 9.47 Å². The van der Waals surface area contributed by atoms with E-state index in [1.807, 2.05) is 13.8 Å². The average molecular weight is 550 g/mol. The topological polar surface area (TPSA) is 105 Å². The number of methoxy groups -OCH3 is 2.